The predicted molar refractivity (Wildman–Crippen MR) is 440 cm³/mol. The van der Waals surface area contributed by atoms with Gasteiger partial charge in [-0.15, -0.1) is 0 Å². The molecule has 1 aromatic carbocycles. The van der Waals surface area contributed by atoms with Gasteiger partial charge in [-0.2, -0.15) is 20.7 Å². The second kappa shape index (κ2) is 51.0. The summed E-state index contributed by atoms with van der Waals surface area (Å²) in [6.45, 7) is 16.7. The summed E-state index contributed by atoms with van der Waals surface area (Å²) in [5.41, 5.74) is 9.24. The highest BCUT2D eigenvalue weighted by Gasteiger charge is 2.66. The van der Waals surface area contributed by atoms with Gasteiger partial charge in [0.1, 0.15) is 90.4 Å². The fourth-order valence-corrected chi connectivity index (χ4v) is 16.5. The SMILES string of the molecule is CCCCCCCCCCCCCCCCCCOC[C@H](COP(=O)(O)OC[C@H]1O[C@@](C#N)(c2ccc3c(N)ncnn23)[C@H](O)[C@@H]1O)OCC(C)C.CCCCCCCCCCCCCCCCCCOC[C@H](COP(=O)(OC[C@H]1O[C@@](C#N)(c2ccc3c(N)ncnn23)[C@@H]2OC(C)(C)O[C@@H]21)Oc1ccc([N+](=O)[O-])cc1)OCC(C)C. The van der Waals surface area contributed by atoms with Crippen molar-refractivity contribution in [2.24, 2.45) is 11.8 Å². The number of hydrogen-bond acceptors (Lipinski definition) is 27. The molecule has 3 aliphatic rings. The lowest BCUT2D eigenvalue weighted by Gasteiger charge is -2.29. The van der Waals surface area contributed by atoms with Gasteiger partial charge < -0.3 is 69.0 Å². The van der Waals surface area contributed by atoms with Gasteiger partial charge >= 0.3 is 15.6 Å². The van der Waals surface area contributed by atoms with Crippen molar-refractivity contribution < 1.29 is 89.7 Å². The first-order chi connectivity index (χ1) is 55.8. The van der Waals surface area contributed by atoms with Crippen molar-refractivity contribution in [3.8, 4) is 17.9 Å². The smallest absolute Gasteiger partial charge is 0.404 e. The summed E-state index contributed by atoms with van der Waals surface area (Å²) in [6, 6.07) is 15.6. The number of phosphoric ester groups is 2. The van der Waals surface area contributed by atoms with E-state index in [4.69, 9.17) is 72.0 Å². The number of aliphatic hydroxyl groups is 2. The van der Waals surface area contributed by atoms with E-state index < -0.39 is 99.6 Å². The van der Waals surface area contributed by atoms with Crippen molar-refractivity contribution in [3.63, 3.8) is 0 Å². The van der Waals surface area contributed by atoms with Gasteiger partial charge in [-0.05, 0) is 74.9 Å². The van der Waals surface area contributed by atoms with Gasteiger partial charge in [-0.1, -0.05) is 234 Å². The van der Waals surface area contributed by atoms with Crippen molar-refractivity contribution in [2.75, 3.05) is 77.5 Å². The van der Waals surface area contributed by atoms with Crippen LogP contribution in [0, 0.1) is 44.6 Å². The number of anilines is 2. The number of nitro groups is 1. The average Bonchev–Trinajstić information content (AvgIpc) is 1.56. The van der Waals surface area contributed by atoms with Crippen LogP contribution in [0.2, 0.25) is 0 Å². The molecule has 31 nitrogen and oxygen atoms in total. The van der Waals surface area contributed by atoms with Crippen LogP contribution in [0.25, 0.3) is 11.0 Å². The van der Waals surface area contributed by atoms with Crippen LogP contribution in [0.1, 0.15) is 272 Å². The molecular weight excluding hydrogens is 1530 g/mol. The van der Waals surface area contributed by atoms with Gasteiger partial charge in [-0.25, -0.2) is 28.1 Å². The molecule has 0 amide bonds. The number of benzene rings is 1. The van der Waals surface area contributed by atoms with Crippen LogP contribution in [-0.2, 0) is 76.3 Å². The number of hydrogen-bond donors (Lipinski definition) is 5. The lowest BCUT2D eigenvalue weighted by atomic mass is 9.92. The molecule has 4 aromatic heterocycles. The highest BCUT2D eigenvalue weighted by molar-refractivity contribution is 7.49. The van der Waals surface area contributed by atoms with Gasteiger partial charge in [0, 0.05) is 38.6 Å². The summed E-state index contributed by atoms with van der Waals surface area (Å²) < 4.78 is 107. The Labute approximate surface area is 686 Å². The van der Waals surface area contributed by atoms with E-state index in [-0.39, 0.29) is 67.0 Å². The molecule has 7 heterocycles. The lowest BCUT2D eigenvalue weighted by Crippen LogP contribution is -2.41. The number of nitrogens with two attached hydrogens (primary N) is 2. The molecule has 3 aliphatic heterocycles. The summed E-state index contributed by atoms with van der Waals surface area (Å²) >= 11 is 0. The normalized spacial score (nSPS) is 22.0. The van der Waals surface area contributed by atoms with E-state index in [1.807, 2.05) is 33.8 Å². The van der Waals surface area contributed by atoms with Crippen LogP contribution < -0.4 is 16.0 Å². The highest BCUT2D eigenvalue weighted by atomic mass is 31.2. The van der Waals surface area contributed by atoms with Gasteiger partial charge in [0.2, 0.25) is 11.2 Å². The van der Waals surface area contributed by atoms with Crippen LogP contribution >= 0.6 is 15.6 Å². The maximum Gasteiger partial charge on any atom is 0.530 e. The fourth-order valence-electron chi connectivity index (χ4n) is 14.5. The minimum atomic E-state index is -4.66. The van der Waals surface area contributed by atoms with Crippen molar-refractivity contribution in [1.29, 1.82) is 10.5 Å². The van der Waals surface area contributed by atoms with Crippen LogP contribution in [0.15, 0.2) is 61.2 Å². The molecule has 3 saturated heterocycles. The third-order valence-corrected chi connectivity index (χ3v) is 23.2. The van der Waals surface area contributed by atoms with E-state index >= 15 is 0 Å². The van der Waals surface area contributed by atoms with E-state index in [0.717, 1.165) is 25.7 Å². The zero-order chi connectivity index (χ0) is 83.8. The molecule has 0 saturated carbocycles. The van der Waals surface area contributed by atoms with Crippen molar-refractivity contribution in [2.45, 2.75) is 327 Å². The van der Waals surface area contributed by atoms with Gasteiger partial charge in [0.15, 0.2) is 17.4 Å². The molecular formula is C83H135N11O20P2. The molecule has 5 aromatic rings. The summed E-state index contributed by atoms with van der Waals surface area (Å²) in [6.07, 6.45) is 35.0. The molecule has 12 atom stereocenters. The van der Waals surface area contributed by atoms with Crippen LogP contribution in [0.4, 0.5) is 17.3 Å². The minimum Gasteiger partial charge on any atom is -0.404 e. The Bertz CT molecular complexity index is 3810. The number of nitro benzene ring substituents is 1. The average molecular weight is 1670 g/mol. The van der Waals surface area contributed by atoms with Crippen molar-refractivity contribution >= 4 is 44.0 Å². The maximum atomic E-state index is 14.6. The number of phosphoric acid groups is 2. The zero-order valence-corrected chi connectivity index (χ0v) is 71.9. The molecule has 33 heteroatoms. The first-order valence-electron chi connectivity index (χ1n) is 42.7. The third kappa shape index (κ3) is 31.3. The minimum absolute atomic E-state index is 0.00318. The number of non-ortho nitro benzene ring substituents is 1. The molecule has 0 bridgehead atoms. The summed E-state index contributed by atoms with van der Waals surface area (Å²) in [4.78, 5) is 29.2. The Balaban J connectivity index is 0.000000328. The number of nitriles is 2. The number of nitrogen functional groups attached to an aromatic ring is 2. The number of fused-ring (bicyclic) bond motifs is 3. The summed E-state index contributed by atoms with van der Waals surface area (Å²) in [5.74, 6) is -0.341. The number of unbranched alkanes of at least 4 members (excludes halogenated alkanes) is 30. The van der Waals surface area contributed by atoms with Gasteiger partial charge in [-0.3, -0.25) is 28.2 Å². The molecule has 0 radical (unpaired) electrons. The molecule has 0 spiro atoms. The third-order valence-electron chi connectivity index (χ3n) is 20.9. The summed E-state index contributed by atoms with van der Waals surface area (Å²) in [7, 11) is -9.20. The number of rotatable bonds is 61. The number of ether oxygens (including phenoxy) is 8. The topological polar surface area (TPSA) is 418 Å². The molecule has 3 fully saturated rings. The van der Waals surface area contributed by atoms with E-state index in [1.54, 1.807) is 32.0 Å². The largest absolute Gasteiger partial charge is 0.530 e. The predicted octanol–water partition coefficient (Wildman–Crippen LogP) is 17.0. The van der Waals surface area contributed by atoms with Crippen molar-refractivity contribution in [3.05, 3.63) is 82.7 Å². The second-order valence-corrected chi connectivity index (χ2v) is 35.2. The Morgan fingerprint density at radius 1 is 0.534 bits per heavy atom. The first-order valence-corrected chi connectivity index (χ1v) is 45.7. The van der Waals surface area contributed by atoms with Gasteiger partial charge in [0.25, 0.3) is 5.69 Å². The van der Waals surface area contributed by atoms with Crippen LogP contribution in [0.5, 0.6) is 5.75 Å². The quantitative estimate of drug-likeness (QED) is 0.0104. The standard InChI is InChI=1S/C46H71N6O11P.C37H64N5O9P/c1-6-7-8-9-10-11-12-13-14-15-16-17-18-19-20-21-28-56-30-38(57-29-35(2)3)31-58-64(55,63-37-24-22-36(23-25-37)52(53)54)59-32-40-42-43(62-45(4,5)61-42)46(33-47,60-40)41-27-26-39-44(48)49-34-50-51(39)41;1-4-5-6-7-8-9-10-11-12-13-14-15-16-17-18-19-22-47-24-30(48-23-29(2)3)25-49-52(45,46)50-26-32-34(43)35(44)37(27-38,51-32)33-21-20-31-36(39)40-28-41-42(31)33/h22-27,34-35,38,40,42-43H,6-21,28-32H2,1-5H3,(H2,48,49,50);20-21,28-30,32,34-35,43-44H,4-19,22-26H2,1-3H3,(H,45,46)(H2,39,40,41)/t38-,40-,42-,43-,46+,64?;30-,32-,34-,35-,37+/m11/s1. The Morgan fingerprint density at radius 2 is 0.940 bits per heavy atom. The molecule has 2 unspecified atom stereocenters. The number of nitrogens with zero attached hydrogens (tertiary/aromatic N) is 9. The Morgan fingerprint density at radius 3 is 1.36 bits per heavy atom. The maximum absolute atomic E-state index is 14.6. The van der Waals surface area contributed by atoms with Crippen LogP contribution in [-0.4, -0.2) is 170 Å². The Hall–Kier alpha value is -5.90. The first kappa shape index (κ1) is 97.2. The molecule has 7 N–H and O–H groups in total. The summed E-state index contributed by atoms with van der Waals surface area (Å²) in [5, 5.41) is 62.3. The Kier molecular flexibility index (Phi) is 42.7. The molecule has 116 heavy (non-hydrogen) atoms. The second-order valence-electron chi connectivity index (χ2n) is 32.2. The molecule has 0 aliphatic carbocycles. The zero-order valence-electron chi connectivity index (χ0n) is 70.1. The van der Waals surface area contributed by atoms with E-state index in [2.05, 4.69) is 40.1 Å². The lowest BCUT2D eigenvalue weighted by molar-refractivity contribution is -0.384. The number of aliphatic hydroxyl groups excluding tert-OH is 2. The van der Waals surface area contributed by atoms with E-state index in [9.17, 15) is 44.9 Å². The highest BCUT2D eigenvalue weighted by Crippen LogP contribution is 2.54. The van der Waals surface area contributed by atoms with Gasteiger partial charge in [0.05, 0.1) is 56.0 Å². The van der Waals surface area contributed by atoms with E-state index in [0.29, 0.717) is 43.2 Å². The van der Waals surface area contributed by atoms with Crippen molar-refractivity contribution in [1.82, 2.24) is 29.2 Å². The van der Waals surface area contributed by atoms with E-state index in [1.165, 1.54) is 232 Å². The van der Waals surface area contributed by atoms with Crippen LogP contribution in [0.3, 0.4) is 0 Å². The fraction of sp³-hybridized carbons (Fsp3) is 0.759. The molecule has 8 rings (SSSR count). The monoisotopic (exact) mass is 1670 g/mol. The number of aromatic nitrogens is 6. The molecule has 652 valence electrons.